The van der Waals surface area contributed by atoms with Crippen LogP contribution in [0.25, 0.3) is 0 Å². The number of nitrogens with two attached hydrogens (primary N) is 2. The number of hydrogen-bond donors (Lipinski definition) is 3. The zero-order valence-corrected chi connectivity index (χ0v) is 7.60. The van der Waals surface area contributed by atoms with Crippen LogP contribution in [0.5, 0.6) is 5.75 Å². The van der Waals surface area contributed by atoms with E-state index < -0.39 is 5.91 Å². The molecule has 0 heterocycles. The van der Waals surface area contributed by atoms with E-state index in [2.05, 4.69) is 6.58 Å². The van der Waals surface area contributed by atoms with Crippen LogP contribution in [-0.4, -0.2) is 11.0 Å². The Balaban J connectivity index is 3.19. The lowest BCUT2D eigenvalue weighted by molar-refractivity contribution is 0.0997. The van der Waals surface area contributed by atoms with Gasteiger partial charge in [0, 0.05) is 6.04 Å². The van der Waals surface area contributed by atoms with Crippen LogP contribution >= 0.6 is 0 Å². The van der Waals surface area contributed by atoms with Crippen LogP contribution in [0, 0.1) is 0 Å². The maximum Gasteiger partial charge on any atom is 0.252 e. The van der Waals surface area contributed by atoms with E-state index in [4.69, 9.17) is 11.5 Å². The van der Waals surface area contributed by atoms with Gasteiger partial charge >= 0.3 is 0 Å². The molecular weight excluding hydrogens is 180 g/mol. The normalized spacial score (nSPS) is 12.1. The molecule has 0 saturated carbocycles. The summed E-state index contributed by atoms with van der Waals surface area (Å²) in [6.45, 7) is 3.53. The molecule has 1 rings (SSSR count). The van der Waals surface area contributed by atoms with E-state index in [1.165, 1.54) is 18.2 Å². The molecule has 0 fully saturated rings. The predicted octanol–water partition coefficient (Wildman–Crippen LogP) is 0.677. The highest BCUT2D eigenvalue weighted by Gasteiger charge is 2.10. The second-order valence-corrected chi connectivity index (χ2v) is 2.90. The quantitative estimate of drug-likeness (QED) is 0.615. The lowest BCUT2D eigenvalue weighted by atomic mass is 10.0. The third-order valence-corrected chi connectivity index (χ3v) is 1.92. The van der Waals surface area contributed by atoms with Crippen molar-refractivity contribution in [1.82, 2.24) is 0 Å². The summed E-state index contributed by atoms with van der Waals surface area (Å²) in [6.07, 6.45) is 1.54. The number of rotatable bonds is 3. The molecule has 4 nitrogen and oxygen atoms in total. The number of benzene rings is 1. The van der Waals surface area contributed by atoms with Crippen LogP contribution in [-0.2, 0) is 0 Å². The summed E-state index contributed by atoms with van der Waals surface area (Å²) in [5, 5.41) is 9.29. The summed E-state index contributed by atoms with van der Waals surface area (Å²) >= 11 is 0. The average molecular weight is 192 g/mol. The Bertz CT molecular complexity index is 374. The molecule has 0 aromatic heterocycles. The summed E-state index contributed by atoms with van der Waals surface area (Å²) < 4.78 is 0. The summed E-state index contributed by atoms with van der Waals surface area (Å²) in [5.41, 5.74) is 11.5. The first-order valence-electron chi connectivity index (χ1n) is 4.07. The van der Waals surface area contributed by atoms with Gasteiger partial charge in [-0.2, -0.15) is 0 Å². The third kappa shape index (κ3) is 1.92. The molecule has 0 radical (unpaired) electrons. The van der Waals surface area contributed by atoms with Crippen molar-refractivity contribution >= 4 is 5.91 Å². The molecule has 14 heavy (non-hydrogen) atoms. The Morgan fingerprint density at radius 3 is 2.71 bits per heavy atom. The molecule has 1 amide bonds. The Labute approximate surface area is 81.8 Å². The first kappa shape index (κ1) is 10.3. The van der Waals surface area contributed by atoms with Gasteiger partial charge < -0.3 is 16.6 Å². The fourth-order valence-corrected chi connectivity index (χ4v) is 1.09. The summed E-state index contributed by atoms with van der Waals surface area (Å²) in [4.78, 5) is 10.9. The van der Waals surface area contributed by atoms with Crippen molar-refractivity contribution in [3.05, 3.63) is 42.0 Å². The number of carbonyl (C=O) groups excluding carboxylic acids is 1. The molecule has 1 aromatic carbocycles. The Hall–Kier alpha value is -1.81. The van der Waals surface area contributed by atoms with Gasteiger partial charge in [0.25, 0.3) is 5.91 Å². The first-order chi connectivity index (χ1) is 6.56. The number of primary amides is 1. The van der Waals surface area contributed by atoms with Crippen LogP contribution in [0.15, 0.2) is 30.9 Å². The molecule has 0 unspecified atom stereocenters. The van der Waals surface area contributed by atoms with Gasteiger partial charge in [-0.3, -0.25) is 4.79 Å². The fraction of sp³-hybridized carbons (Fsp3) is 0.100. The van der Waals surface area contributed by atoms with Crippen LogP contribution in [0.4, 0.5) is 0 Å². The molecule has 0 aliphatic carbocycles. The zero-order valence-electron chi connectivity index (χ0n) is 7.60. The van der Waals surface area contributed by atoms with Crippen molar-refractivity contribution in [2.45, 2.75) is 6.04 Å². The third-order valence-electron chi connectivity index (χ3n) is 1.92. The van der Waals surface area contributed by atoms with Crippen molar-refractivity contribution in [2.24, 2.45) is 11.5 Å². The van der Waals surface area contributed by atoms with Crippen LogP contribution in [0.1, 0.15) is 22.0 Å². The molecule has 5 N–H and O–H groups in total. The van der Waals surface area contributed by atoms with Crippen LogP contribution in [0.2, 0.25) is 0 Å². The highest BCUT2D eigenvalue weighted by Crippen LogP contribution is 2.21. The largest absolute Gasteiger partial charge is 0.507 e. The number of hydrogen-bond acceptors (Lipinski definition) is 3. The molecule has 74 valence electrons. The van der Waals surface area contributed by atoms with E-state index in [1.54, 1.807) is 6.07 Å². The minimum absolute atomic E-state index is 0.0693. The van der Waals surface area contributed by atoms with Crippen molar-refractivity contribution < 1.29 is 9.90 Å². The van der Waals surface area contributed by atoms with E-state index in [1.807, 2.05) is 0 Å². The number of carbonyl (C=O) groups is 1. The minimum Gasteiger partial charge on any atom is -0.507 e. The van der Waals surface area contributed by atoms with Crippen molar-refractivity contribution in [1.29, 1.82) is 0 Å². The number of aromatic hydroxyl groups is 1. The average Bonchev–Trinajstić information content (AvgIpc) is 2.17. The van der Waals surface area contributed by atoms with E-state index in [-0.39, 0.29) is 17.4 Å². The van der Waals surface area contributed by atoms with Gasteiger partial charge in [0.15, 0.2) is 0 Å². The second-order valence-electron chi connectivity index (χ2n) is 2.90. The highest BCUT2D eigenvalue weighted by molar-refractivity contribution is 5.95. The summed E-state index contributed by atoms with van der Waals surface area (Å²) in [6, 6.07) is 4.10. The lowest BCUT2D eigenvalue weighted by Crippen LogP contribution is -2.13. The molecule has 1 aromatic rings. The smallest absolute Gasteiger partial charge is 0.252 e. The van der Waals surface area contributed by atoms with Gasteiger partial charge in [-0.25, -0.2) is 0 Å². The first-order valence-corrected chi connectivity index (χ1v) is 4.07. The highest BCUT2D eigenvalue weighted by atomic mass is 16.3. The topological polar surface area (TPSA) is 89.3 Å². The maximum atomic E-state index is 10.9. The Morgan fingerprint density at radius 1 is 1.57 bits per heavy atom. The van der Waals surface area contributed by atoms with Crippen molar-refractivity contribution in [2.75, 3.05) is 0 Å². The predicted molar refractivity (Wildman–Crippen MR) is 53.8 cm³/mol. The van der Waals surface area contributed by atoms with E-state index >= 15 is 0 Å². The minimum atomic E-state index is -0.680. The van der Waals surface area contributed by atoms with Crippen molar-refractivity contribution in [3.8, 4) is 5.75 Å². The molecule has 1 atom stereocenters. The van der Waals surface area contributed by atoms with Gasteiger partial charge in [0.1, 0.15) is 5.75 Å². The van der Waals surface area contributed by atoms with Gasteiger partial charge in [-0.05, 0) is 17.7 Å². The molecule has 0 aliphatic heterocycles. The fourth-order valence-electron chi connectivity index (χ4n) is 1.09. The van der Waals surface area contributed by atoms with Crippen molar-refractivity contribution in [3.63, 3.8) is 0 Å². The van der Waals surface area contributed by atoms with Crippen LogP contribution < -0.4 is 11.5 Å². The second kappa shape index (κ2) is 3.93. The Morgan fingerprint density at radius 2 is 2.21 bits per heavy atom. The van der Waals surface area contributed by atoms with Crippen LogP contribution in [0.3, 0.4) is 0 Å². The standard InChI is InChI=1S/C10H12N2O2/c1-2-8(11)6-3-4-9(13)7(5-6)10(12)14/h2-5,8,13H,1,11H2,(H2,12,14)/t8-/m1/s1. The molecule has 0 aliphatic rings. The van der Waals surface area contributed by atoms with Gasteiger partial charge in [0.2, 0.25) is 0 Å². The summed E-state index contributed by atoms with van der Waals surface area (Å²) in [5.74, 6) is -0.821. The van der Waals surface area contributed by atoms with Gasteiger partial charge in [-0.15, -0.1) is 6.58 Å². The molecule has 0 saturated heterocycles. The molecular formula is C10H12N2O2. The monoisotopic (exact) mass is 192 g/mol. The number of amides is 1. The SMILES string of the molecule is C=C[C@@H](N)c1ccc(O)c(C(N)=O)c1. The van der Waals surface area contributed by atoms with Gasteiger partial charge in [-0.1, -0.05) is 12.1 Å². The van der Waals surface area contributed by atoms with Gasteiger partial charge in [0.05, 0.1) is 5.56 Å². The van der Waals surface area contributed by atoms with E-state index in [0.717, 1.165) is 0 Å². The Kier molecular flexibility index (Phi) is 2.89. The molecule has 4 heteroatoms. The molecule has 0 spiro atoms. The molecule has 0 bridgehead atoms. The lowest BCUT2D eigenvalue weighted by Gasteiger charge is -2.08. The maximum absolute atomic E-state index is 10.9. The number of phenols is 1. The summed E-state index contributed by atoms with van der Waals surface area (Å²) in [7, 11) is 0. The van der Waals surface area contributed by atoms with E-state index in [0.29, 0.717) is 5.56 Å². The van der Waals surface area contributed by atoms with E-state index in [9.17, 15) is 9.90 Å². The zero-order chi connectivity index (χ0) is 10.7.